The molecule has 0 saturated carbocycles. The zero-order valence-corrected chi connectivity index (χ0v) is 17.3. The summed E-state index contributed by atoms with van der Waals surface area (Å²) in [5, 5.41) is 2.13. The van der Waals surface area contributed by atoms with Crippen LogP contribution in [0.3, 0.4) is 0 Å². The van der Waals surface area contributed by atoms with Crippen LogP contribution in [0.25, 0.3) is 0 Å². The smallest absolute Gasteiger partial charge is 0.258 e. The molecule has 0 bridgehead atoms. The van der Waals surface area contributed by atoms with E-state index < -0.39 is 8.32 Å². The van der Waals surface area contributed by atoms with Gasteiger partial charge in [-0.1, -0.05) is 114 Å². The Kier molecular flexibility index (Phi) is 7.03. The molecule has 0 radical (unpaired) electrons. The molecule has 0 aliphatic rings. The van der Waals surface area contributed by atoms with Crippen LogP contribution in [0.4, 0.5) is 0 Å². The van der Waals surface area contributed by atoms with Gasteiger partial charge in [-0.2, -0.15) is 0 Å². The highest BCUT2D eigenvalue weighted by Gasteiger charge is 2.49. The summed E-state index contributed by atoms with van der Waals surface area (Å²) in [5.74, 6) is 0.785. The zero-order chi connectivity index (χ0) is 18.3. The maximum Gasteiger partial charge on any atom is 0.258 e. The van der Waals surface area contributed by atoms with E-state index in [2.05, 4.69) is 76.2 Å². The summed E-state index contributed by atoms with van der Waals surface area (Å²) < 4.78 is 0. The standard InChI is InChI=1S/C23H34OSi/c1-20(2)14-8-7-13-19-23(3,4)25(24,21-15-9-5-10-16-21)22-17-11-6-12-18-22/h5-6,9-12,15-18,20,24H,7-8,13-14,19H2,1-4H3. The first-order valence-corrected chi connectivity index (χ1v) is 11.7. The van der Waals surface area contributed by atoms with Gasteiger partial charge in [0.1, 0.15) is 0 Å². The van der Waals surface area contributed by atoms with Gasteiger partial charge < -0.3 is 4.80 Å². The monoisotopic (exact) mass is 354 g/mol. The molecule has 0 saturated heterocycles. The van der Waals surface area contributed by atoms with E-state index in [9.17, 15) is 4.80 Å². The van der Waals surface area contributed by atoms with Crippen LogP contribution in [0.2, 0.25) is 5.04 Å². The van der Waals surface area contributed by atoms with Crippen molar-refractivity contribution < 1.29 is 4.80 Å². The molecule has 0 aliphatic carbocycles. The molecule has 0 aromatic heterocycles. The summed E-state index contributed by atoms with van der Waals surface area (Å²) in [4.78, 5) is 12.1. The Balaban J connectivity index is 2.23. The van der Waals surface area contributed by atoms with E-state index >= 15 is 0 Å². The van der Waals surface area contributed by atoms with Crippen molar-refractivity contribution in [2.24, 2.45) is 5.92 Å². The van der Waals surface area contributed by atoms with Crippen molar-refractivity contribution in [1.29, 1.82) is 0 Å². The van der Waals surface area contributed by atoms with Gasteiger partial charge in [-0.3, -0.25) is 0 Å². The van der Waals surface area contributed by atoms with Crippen LogP contribution in [0.15, 0.2) is 60.7 Å². The minimum Gasteiger partial charge on any atom is -0.424 e. The van der Waals surface area contributed by atoms with Crippen LogP contribution in [-0.4, -0.2) is 13.1 Å². The Bertz CT molecular complexity index is 580. The van der Waals surface area contributed by atoms with Gasteiger partial charge in [0, 0.05) is 0 Å². The molecule has 2 aromatic carbocycles. The first-order chi connectivity index (χ1) is 11.9. The molecule has 136 valence electrons. The fraction of sp³-hybridized carbons (Fsp3) is 0.478. The van der Waals surface area contributed by atoms with E-state index in [0.29, 0.717) is 0 Å². The van der Waals surface area contributed by atoms with E-state index in [1.807, 2.05) is 12.1 Å². The highest BCUT2D eigenvalue weighted by Crippen LogP contribution is 2.40. The summed E-state index contributed by atoms with van der Waals surface area (Å²) in [6.45, 7) is 9.12. The van der Waals surface area contributed by atoms with Gasteiger partial charge in [-0.15, -0.1) is 0 Å². The molecule has 2 aromatic rings. The Morgan fingerprint density at radius 3 is 1.72 bits per heavy atom. The second-order valence-electron chi connectivity index (χ2n) is 8.32. The van der Waals surface area contributed by atoms with Crippen LogP contribution in [0.5, 0.6) is 0 Å². The van der Waals surface area contributed by atoms with Crippen molar-refractivity contribution in [1.82, 2.24) is 0 Å². The molecule has 25 heavy (non-hydrogen) atoms. The fourth-order valence-electron chi connectivity index (χ4n) is 3.78. The summed E-state index contributed by atoms with van der Waals surface area (Å²) in [6.07, 6.45) is 6.12. The predicted octanol–water partition coefficient (Wildman–Crippen LogP) is 5.13. The third-order valence-corrected chi connectivity index (χ3v) is 9.99. The van der Waals surface area contributed by atoms with E-state index in [1.165, 1.54) is 25.7 Å². The first-order valence-electron chi connectivity index (χ1n) is 9.71. The number of hydrogen-bond donors (Lipinski definition) is 1. The quantitative estimate of drug-likeness (QED) is 0.489. The molecule has 0 spiro atoms. The summed E-state index contributed by atoms with van der Waals surface area (Å²) in [6, 6.07) is 20.7. The average molecular weight is 355 g/mol. The summed E-state index contributed by atoms with van der Waals surface area (Å²) in [5.41, 5.74) is 0. The third kappa shape index (κ3) is 4.83. The molecular formula is C23H34OSi. The maximum atomic E-state index is 12.1. The fourth-order valence-corrected chi connectivity index (χ4v) is 7.57. The first kappa shape index (κ1) is 19.9. The van der Waals surface area contributed by atoms with E-state index in [4.69, 9.17) is 0 Å². The number of benzene rings is 2. The lowest BCUT2D eigenvalue weighted by molar-refractivity contribution is 0.440. The highest BCUT2D eigenvalue weighted by atomic mass is 28.4. The van der Waals surface area contributed by atoms with Gasteiger partial charge in [0.25, 0.3) is 8.32 Å². The lowest BCUT2D eigenvalue weighted by Gasteiger charge is -2.41. The van der Waals surface area contributed by atoms with Crippen LogP contribution >= 0.6 is 0 Å². The Morgan fingerprint density at radius 2 is 1.28 bits per heavy atom. The van der Waals surface area contributed by atoms with Crippen molar-refractivity contribution in [3.05, 3.63) is 60.7 Å². The average Bonchev–Trinajstić information content (AvgIpc) is 2.61. The van der Waals surface area contributed by atoms with E-state index in [0.717, 1.165) is 22.7 Å². The maximum absolute atomic E-state index is 12.1. The van der Waals surface area contributed by atoms with Gasteiger partial charge in [0.05, 0.1) is 0 Å². The SMILES string of the molecule is CC(C)CCCCCC(C)(C)[Si](O)(c1ccccc1)c1ccccc1. The summed E-state index contributed by atoms with van der Waals surface area (Å²) >= 11 is 0. The number of hydrogen-bond acceptors (Lipinski definition) is 1. The third-order valence-electron chi connectivity index (χ3n) is 5.45. The van der Waals surface area contributed by atoms with Crippen molar-refractivity contribution in [3.63, 3.8) is 0 Å². The Hall–Kier alpha value is -1.38. The van der Waals surface area contributed by atoms with Crippen LogP contribution in [-0.2, 0) is 0 Å². The molecule has 0 unspecified atom stereocenters. The molecule has 0 amide bonds. The van der Waals surface area contributed by atoms with Crippen LogP contribution in [0, 0.1) is 5.92 Å². The minimum absolute atomic E-state index is 0.104. The van der Waals surface area contributed by atoms with Crippen LogP contribution in [0.1, 0.15) is 59.8 Å². The van der Waals surface area contributed by atoms with E-state index in [-0.39, 0.29) is 5.04 Å². The number of unbranched alkanes of at least 4 members (excludes halogenated alkanes) is 2. The molecule has 0 heterocycles. The Labute approximate surface area is 155 Å². The second-order valence-corrected chi connectivity index (χ2v) is 12.2. The van der Waals surface area contributed by atoms with Gasteiger partial charge in [0.15, 0.2) is 0 Å². The van der Waals surface area contributed by atoms with Gasteiger partial charge in [0.2, 0.25) is 0 Å². The van der Waals surface area contributed by atoms with Crippen molar-refractivity contribution in [2.75, 3.05) is 0 Å². The molecule has 0 atom stereocenters. The molecule has 0 aliphatic heterocycles. The zero-order valence-electron chi connectivity index (χ0n) is 16.3. The molecule has 2 rings (SSSR count). The Morgan fingerprint density at radius 1 is 0.800 bits per heavy atom. The molecule has 1 nitrogen and oxygen atoms in total. The lowest BCUT2D eigenvalue weighted by atomic mass is 10.0. The number of rotatable bonds is 9. The minimum atomic E-state index is -2.81. The lowest BCUT2D eigenvalue weighted by Crippen LogP contribution is -2.65. The molecule has 0 fully saturated rings. The van der Waals surface area contributed by atoms with Crippen molar-refractivity contribution >= 4 is 18.7 Å². The molecule has 2 heteroatoms. The topological polar surface area (TPSA) is 20.2 Å². The van der Waals surface area contributed by atoms with Gasteiger partial charge in [-0.05, 0) is 27.8 Å². The molecular weight excluding hydrogens is 320 g/mol. The summed E-state index contributed by atoms with van der Waals surface area (Å²) in [7, 11) is -2.81. The normalized spacial score (nSPS) is 12.6. The van der Waals surface area contributed by atoms with Crippen molar-refractivity contribution in [2.45, 2.75) is 64.8 Å². The van der Waals surface area contributed by atoms with Gasteiger partial charge in [-0.25, -0.2) is 0 Å². The van der Waals surface area contributed by atoms with Crippen LogP contribution < -0.4 is 10.4 Å². The second kappa shape index (κ2) is 8.82. The largest absolute Gasteiger partial charge is 0.424 e. The predicted molar refractivity (Wildman–Crippen MR) is 112 cm³/mol. The highest BCUT2D eigenvalue weighted by molar-refractivity contribution is 6.98. The van der Waals surface area contributed by atoms with Gasteiger partial charge >= 0.3 is 0 Å². The van der Waals surface area contributed by atoms with E-state index in [1.54, 1.807) is 0 Å². The molecule has 1 N–H and O–H groups in total. The van der Waals surface area contributed by atoms with Crippen molar-refractivity contribution in [3.8, 4) is 0 Å².